The minimum Gasteiger partial charge on any atom is -0.490 e. The second kappa shape index (κ2) is 14.1. The van der Waals surface area contributed by atoms with Gasteiger partial charge in [0.2, 0.25) is 0 Å². The summed E-state index contributed by atoms with van der Waals surface area (Å²) >= 11 is 0. The van der Waals surface area contributed by atoms with E-state index in [1.807, 2.05) is 60.7 Å². The van der Waals surface area contributed by atoms with Crippen LogP contribution >= 0.6 is 0 Å². The van der Waals surface area contributed by atoms with Gasteiger partial charge < -0.3 is 34.8 Å². The van der Waals surface area contributed by atoms with Gasteiger partial charge in [-0.25, -0.2) is 0 Å². The third kappa shape index (κ3) is 8.68. The molecular weight excluding hydrogens is 476 g/mol. The molecule has 9 heteroatoms. The molecule has 0 spiro atoms. The number of aliphatic hydroxyl groups excluding tert-OH is 1. The molecule has 3 aromatic carbocycles. The van der Waals surface area contributed by atoms with Gasteiger partial charge in [-0.2, -0.15) is 4.89 Å². The van der Waals surface area contributed by atoms with E-state index in [4.69, 9.17) is 24.0 Å². The summed E-state index contributed by atoms with van der Waals surface area (Å²) in [6, 6.07) is 22.6. The SMILES string of the molecule is O=C(COc1ccc(OCc2ccccc2)cc1)NCCNCC(O)COc1cccc2c1CCOO2. The second-order valence-electron chi connectivity index (χ2n) is 8.44. The van der Waals surface area contributed by atoms with E-state index in [0.29, 0.717) is 56.5 Å². The molecule has 1 aliphatic heterocycles. The van der Waals surface area contributed by atoms with Gasteiger partial charge in [-0.15, -0.1) is 0 Å². The fourth-order valence-corrected chi connectivity index (χ4v) is 3.63. The lowest BCUT2D eigenvalue weighted by molar-refractivity contribution is -0.215. The van der Waals surface area contributed by atoms with Crippen molar-refractivity contribution in [3.63, 3.8) is 0 Å². The lowest BCUT2D eigenvalue weighted by Gasteiger charge is -2.20. The van der Waals surface area contributed by atoms with Gasteiger partial charge in [0.1, 0.15) is 36.6 Å². The van der Waals surface area contributed by atoms with Gasteiger partial charge in [-0.3, -0.25) is 4.79 Å². The van der Waals surface area contributed by atoms with Crippen molar-refractivity contribution in [2.75, 3.05) is 39.5 Å². The van der Waals surface area contributed by atoms with Crippen LogP contribution in [0.15, 0.2) is 72.8 Å². The molecule has 1 atom stereocenters. The molecule has 9 nitrogen and oxygen atoms in total. The summed E-state index contributed by atoms with van der Waals surface area (Å²) < 4.78 is 17.0. The molecule has 3 N–H and O–H groups in total. The Bertz CT molecular complexity index is 1110. The summed E-state index contributed by atoms with van der Waals surface area (Å²) in [7, 11) is 0. The molecule has 0 saturated carbocycles. The summed E-state index contributed by atoms with van der Waals surface area (Å²) in [5.41, 5.74) is 2.03. The van der Waals surface area contributed by atoms with Gasteiger partial charge in [0.15, 0.2) is 12.4 Å². The van der Waals surface area contributed by atoms with Crippen LogP contribution in [-0.2, 0) is 22.7 Å². The highest BCUT2D eigenvalue weighted by molar-refractivity contribution is 5.77. The number of nitrogens with one attached hydrogen (secondary N) is 2. The van der Waals surface area contributed by atoms with E-state index in [-0.39, 0.29) is 19.1 Å². The number of carbonyl (C=O) groups is 1. The molecule has 1 amide bonds. The van der Waals surface area contributed by atoms with E-state index in [0.717, 1.165) is 16.9 Å². The minimum atomic E-state index is -0.699. The second-order valence-corrected chi connectivity index (χ2v) is 8.44. The largest absolute Gasteiger partial charge is 0.490 e. The monoisotopic (exact) mass is 508 g/mol. The van der Waals surface area contributed by atoms with Crippen molar-refractivity contribution in [2.24, 2.45) is 0 Å². The van der Waals surface area contributed by atoms with Gasteiger partial charge in [-0.05, 0) is 42.0 Å². The average molecular weight is 509 g/mol. The third-order valence-electron chi connectivity index (χ3n) is 5.55. The van der Waals surface area contributed by atoms with Crippen LogP contribution in [0.1, 0.15) is 11.1 Å². The van der Waals surface area contributed by atoms with Crippen molar-refractivity contribution < 1.29 is 33.9 Å². The molecule has 0 fully saturated rings. The van der Waals surface area contributed by atoms with Crippen molar-refractivity contribution in [3.05, 3.63) is 83.9 Å². The Hall–Kier alpha value is -3.79. The van der Waals surface area contributed by atoms with E-state index in [1.165, 1.54) is 0 Å². The number of hydrogen-bond donors (Lipinski definition) is 3. The molecule has 196 valence electrons. The third-order valence-corrected chi connectivity index (χ3v) is 5.55. The molecule has 0 aliphatic carbocycles. The van der Waals surface area contributed by atoms with Gasteiger partial charge in [0, 0.05) is 31.6 Å². The molecule has 1 aliphatic rings. The van der Waals surface area contributed by atoms with Gasteiger partial charge in [-0.1, -0.05) is 36.4 Å². The van der Waals surface area contributed by atoms with Crippen LogP contribution in [0.5, 0.6) is 23.0 Å². The van der Waals surface area contributed by atoms with Crippen molar-refractivity contribution in [3.8, 4) is 23.0 Å². The number of fused-ring (bicyclic) bond motifs is 1. The average Bonchev–Trinajstić information content (AvgIpc) is 2.94. The predicted molar refractivity (Wildman–Crippen MR) is 137 cm³/mol. The molecule has 4 rings (SSSR count). The number of aliphatic hydroxyl groups is 1. The quantitative estimate of drug-likeness (QED) is 0.225. The molecule has 0 saturated heterocycles. The molecule has 37 heavy (non-hydrogen) atoms. The maximum atomic E-state index is 12.0. The van der Waals surface area contributed by atoms with E-state index in [9.17, 15) is 9.90 Å². The first-order valence-corrected chi connectivity index (χ1v) is 12.3. The van der Waals surface area contributed by atoms with E-state index in [1.54, 1.807) is 12.1 Å². The fourth-order valence-electron chi connectivity index (χ4n) is 3.63. The molecule has 0 aromatic heterocycles. The maximum Gasteiger partial charge on any atom is 0.257 e. The van der Waals surface area contributed by atoms with E-state index < -0.39 is 6.10 Å². The Morgan fingerprint density at radius 2 is 1.70 bits per heavy atom. The lowest BCUT2D eigenvalue weighted by atomic mass is 10.1. The molecule has 0 bridgehead atoms. The van der Waals surface area contributed by atoms with E-state index >= 15 is 0 Å². The highest BCUT2D eigenvalue weighted by atomic mass is 17.2. The Balaban J connectivity index is 1.05. The fraction of sp³-hybridized carbons (Fsp3) is 0.321. The standard InChI is InChI=1S/C28H32N2O7/c31-22(19-35-26-7-4-8-27-25(26)13-16-36-37-27)17-29-14-15-30-28(32)20-34-24-11-9-23(10-12-24)33-18-21-5-2-1-3-6-21/h1-12,22,29,31H,13-20H2,(H,30,32). The minimum absolute atomic E-state index is 0.0865. The van der Waals surface area contributed by atoms with Crippen molar-refractivity contribution >= 4 is 5.91 Å². The first kappa shape index (κ1) is 26.3. The van der Waals surface area contributed by atoms with Crippen LogP contribution in [-0.4, -0.2) is 56.6 Å². The molecule has 1 heterocycles. The zero-order valence-electron chi connectivity index (χ0n) is 20.6. The summed E-state index contributed by atoms with van der Waals surface area (Å²) in [6.45, 7) is 2.25. The van der Waals surface area contributed by atoms with Crippen LogP contribution in [0.2, 0.25) is 0 Å². The van der Waals surface area contributed by atoms with Gasteiger partial charge >= 0.3 is 0 Å². The summed E-state index contributed by atoms with van der Waals surface area (Å²) in [5.74, 6) is 2.41. The zero-order chi connectivity index (χ0) is 25.7. The zero-order valence-corrected chi connectivity index (χ0v) is 20.6. The highest BCUT2D eigenvalue weighted by Gasteiger charge is 2.17. The number of ether oxygens (including phenoxy) is 3. The Morgan fingerprint density at radius 3 is 2.51 bits per heavy atom. The first-order valence-electron chi connectivity index (χ1n) is 12.3. The summed E-state index contributed by atoms with van der Waals surface area (Å²) in [5, 5.41) is 16.1. The normalized spacial score (nSPS) is 13.1. The summed E-state index contributed by atoms with van der Waals surface area (Å²) in [4.78, 5) is 22.2. The first-order chi connectivity index (χ1) is 18.2. The van der Waals surface area contributed by atoms with Gasteiger partial charge in [0.25, 0.3) is 5.91 Å². The Morgan fingerprint density at radius 1 is 0.919 bits per heavy atom. The van der Waals surface area contributed by atoms with Crippen LogP contribution < -0.4 is 29.7 Å². The lowest BCUT2D eigenvalue weighted by Crippen LogP contribution is -2.38. The number of carbonyl (C=O) groups excluding carboxylic acids is 1. The van der Waals surface area contributed by atoms with Crippen molar-refractivity contribution in [2.45, 2.75) is 19.1 Å². The Kier molecular flexibility index (Phi) is 10.00. The highest BCUT2D eigenvalue weighted by Crippen LogP contribution is 2.31. The maximum absolute atomic E-state index is 12.0. The Labute approximate surface area is 216 Å². The smallest absolute Gasteiger partial charge is 0.257 e. The van der Waals surface area contributed by atoms with Crippen molar-refractivity contribution in [1.29, 1.82) is 0 Å². The van der Waals surface area contributed by atoms with Crippen LogP contribution in [0, 0.1) is 0 Å². The molecule has 3 aromatic rings. The summed E-state index contributed by atoms with van der Waals surface area (Å²) in [6.07, 6.45) is -0.00659. The van der Waals surface area contributed by atoms with Crippen LogP contribution in [0.25, 0.3) is 0 Å². The molecule has 0 radical (unpaired) electrons. The molecule has 1 unspecified atom stereocenters. The van der Waals surface area contributed by atoms with Crippen LogP contribution in [0.3, 0.4) is 0 Å². The van der Waals surface area contributed by atoms with Crippen LogP contribution in [0.4, 0.5) is 0 Å². The number of amides is 1. The topological polar surface area (TPSA) is 108 Å². The number of benzene rings is 3. The molecular formula is C28H32N2O7. The number of rotatable bonds is 14. The predicted octanol–water partition coefficient (Wildman–Crippen LogP) is 2.66. The van der Waals surface area contributed by atoms with Gasteiger partial charge in [0.05, 0.1) is 6.61 Å². The van der Waals surface area contributed by atoms with E-state index in [2.05, 4.69) is 10.6 Å². The number of hydrogen-bond acceptors (Lipinski definition) is 8. The van der Waals surface area contributed by atoms with Crippen molar-refractivity contribution in [1.82, 2.24) is 10.6 Å².